The van der Waals surface area contributed by atoms with Gasteiger partial charge in [-0.15, -0.1) is 0 Å². The van der Waals surface area contributed by atoms with Crippen LogP contribution < -0.4 is 19.5 Å². The van der Waals surface area contributed by atoms with Gasteiger partial charge in [-0.1, -0.05) is 26.7 Å². The highest BCUT2D eigenvalue weighted by Gasteiger charge is 2.19. The van der Waals surface area contributed by atoms with Crippen LogP contribution in [0.1, 0.15) is 71.2 Å². The van der Waals surface area contributed by atoms with Gasteiger partial charge in [0.05, 0.1) is 19.8 Å². The third kappa shape index (κ3) is 7.14. The maximum atomic E-state index is 12.7. The van der Waals surface area contributed by atoms with Gasteiger partial charge in [-0.2, -0.15) is 0 Å². The van der Waals surface area contributed by atoms with E-state index in [1.54, 1.807) is 12.1 Å². The summed E-state index contributed by atoms with van der Waals surface area (Å²) in [6.45, 7) is 13.7. The minimum atomic E-state index is -0.119. The van der Waals surface area contributed by atoms with Crippen LogP contribution in [0.4, 0.5) is 0 Å². The topological polar surface area (TPSA) is 56.8 Å². The van der Waals surface area contributed by atoms with Gasteiger partial charge in [0.25, 0.3) is 5.91 Å². The van der Waals surface area contributed by atoms with Crippen LogP contribution >= 0.6 is 0 Å². The third-order valence-corrected chi connectivity index (χ3v) is 3.97. The molecule has 0 spiro atoms. The molecular weight excluding hydrogens is 330 g/mol. The molecular formula is C21H35NO4. The van der Waals surface area contributed by atoms with Crippen molar-refractivity contribution in [2.45, 2.75) is 66.8 Å². The highest BCUT2D eigenvalue weighted by Crippen LogP contribution is 2.39. The van der Waals surface area contributed by atoms with Crippen LogP contribution in [0.3, 0.4) is 0 Å². The van der Waals surface area contributed by atoms with E-state index in [0.717, 1.165) is 12.8 Å². The van der Waals surface area contributed by atoms with E-state index in [0.29, 0.717) is 48.6 Å². The van der Waals surface area contributed by atoms with Crippen molar-refractivity contribution in [3.8, 4) is 17.2 Å². The Kier molecular flexibility index (Phi) is 9.92. The predicted octanol–water partition coefficient (Wildman–Crippen LogP) is 4.83. The smallest absolute Gasteiger partial charge is 0.251 e. The lowest BCUT2D eigenvalue weighted by Gasteiger charge is -2.18. The summed E-state index contributed by atoms with van der Waals surface area (Å²) in [6.07, 6.45) is 3.25. The molecule has 1 rings (SSSR count). The summed E-state index contributed by atoms with van der Waals surface area (Å²) in [7, 11) is 0. The van der Waals surface area contributed by atoms with E-state index in [4.69, 9.17) is 14.2 Å². The van der Waals surface area contributed by atoms with Crippen molar-refractivity contribution >= 4 is 5.91 Å². The zero-order valence-corrected chi connectivity index (χ0v) is 17.2. The number of hydrogen-bond acceptors (Lipinski definition) is 4. The number of benzene rings is 1. The number of rotatable bonds is 12. The quantitative estimate of drug-likeness (QED) is 0.576. The van der Waals surface area contributed by atoms with Crippen molar-refractivity contribution in [2.24, 2.45) is 5.92 Å². The molecule has 26 heavy (non-hydrogen) atoms. The highest BCUT2D eigenvalue weighted by atomic mass is 16.5. The van der Waals surface area contributed by atoms with Crippen LogP contribution in [-0.2, 0) is 0 Å². The molecule has 0 bridgehead atoms. The lowest BCUT2D eigenvalue weighted by Crippen LogP contribution is -2.32. The normalized spacial score (nSPS) is 12.0. The summed E-state index contributed by atoms with van der Waals surface area (Å²) in [4.78, 5) is 12.7. The molecule has 5 nitrogen and oxygen atoms in total. The van der Waals surface area contributed by atoms with Crippen molar-refractivity contribution in [1.29, 1.82) is 0 Å². The van der Waals surface area contributed by atoms with E-state index < -0.39 is 0 Å². The Morgan fingerprint density at radius 2 is 1.46 bits per heavy atom. The van der Waals surface area contributed by atoms with Crippen molar-refractivity contribution in [3.63, 3.8) is 0 Å². The van der Waals surface area contributed by atoms with E-state index in [-0.39, 0.29) is 11.9 Å². The summed E-state index contributed by atoms with van der Waals surface area (Å²) >= 11 is 0. The summed E-state index contributed by atoms with van der Waals surface area (Å²) in [6, 6.07) is 3.58. The Morgan fingerprint density at radius 1 is 0.923 bits per heavy atom. The van der Waals surface area contributed by atoms with Crippen LogP contribution in [0.25, 0.3) is 0 Å². The molecule has 148 valence electrons. The van der Waals surface area contributed by atoms with Crippen LogP contribution in [0.2, 0.25) is 0 Å². The Morgan fingerprint density at radius 3 is 1.92 bits per heavy atom. The summed E-state index contributed by atoms with van der Waals surface area (Å²) in [5.41, 5.74) is 0.524. The van der Waals surface area contributed by atoms with Gasteiger partial charge < -0.3 is 19.5 Å². The largest absolute Gasteiger partial charge is 0.490 e. The molecule has 5 heteroatoms. The molecule has 0 aliphatic carbocycles. The summed E-state index contributed by atoms with van der Waals surface area (Å²) < 4.78 is 17.0. The molecule has 1 atom stereocenters. The SMILES string of the molecule is CCOc1cc(C(=O)N[C@@H](C)CCCC(C)C)cc(OCC)c1OCC. The Balaban J connectivity index is 2.94. The van der Waals surface area contributed by atoms with Crippen LogP contribution in [0.5, 0.6) is 17.2 Å². The molecule has 0 fully saturated rings. The number of ether oxygens (including phenoxy) is 3. The van der Waals surface area contributed by atoms with E-state index >= 15 is 0 Å². The molecule has 0 saturated heterocycles. The molecule has 0 aliphatic rings. The number of hydrogen-bond donors (Lipinski definition) is 1. The van der Waals surface area contributed by atoms with Crippen LogP contribution in [-0.4, -0.2) is 31.8 Å². The van der Waals surface area contributed by atoms with Gasteiger partial charge in [0.15, 0.2) is 11.5 Å². The molecule has 0 aromatic heterocycles. The molecule has 0 aliphatic heterocycles. The lowest BCUT2D eigenvalue weighted by molar-refractivity contribution is 0.0936. The zero-order valence-electron chi connectivity index (χ0n) is 17.2. The second-order valence-electron chi connectivity index (χ2n) is 6.80. The van der Waals surface area contributed by atoms with E-state index in [1.165, 1.54) is 6.42 Å². The molecule has 1 aromatic rings. The average Bonchev–Trinajstić information content (AvgIpc) is 2.57. The fourth-order valence-corrected chi connectivity index (χ4v) is 2.73. The molecule has 0 heterocycles. The number of carbonyl (C=O) groups excluding carboxylic acids is 1. The fraction of sp³-hybridized carbons (Fsp3) is 0.667. The number of amides is 1. The fourth-order valence-electron chi connectivity index (χ4n) is 2.73. The number of carbonyl (C=O) groups is 1. The van der Waals surface area contributed by atoms with Gasteiger partial charge in [-0.3, -0.25) is 4.79 Å². The Bertz CT molecular complexity index is 530. The monoisotopic (exact) mass is 365 g/mol. The molecule has 1 aromatic carbocycles. The Hall–Kier alpha value is -1.91. The van der Waals surface area contributed by atoms with Gasteiger partial charge in [0.1, 0.15) is 0 Å². The number of nitrogens with one attached hydrogen (secondary N) is 1. The van der Waals surface area contributed by atoms with Gasteiger partial charge in [0.2, 0.25) is 5.75 Å². The highest BCUT2D eigenvalue weighted by molar-refractivity contribution is 5.95. The molecule has 0 radical (unpaired) electrons. The first-order valence-corrected chi connectivity index (χ1v) is 9.80. The molecule has 1 amide bonds. The van der Waals surface area contributed by atoms with E-state index in [9.17, 15) is 4.79 Å². The van der Waals surface area contributed by atoms with E-state index in [1.807, 2.05) is 27.7 Å². The second kappa shape index (κ2) is 11.7. The van der Waals surface area contributed by atoms with Gasteiger partial charge in [0, 0.05) is 11.6 Å². The third-order valence-electron chi connectivity index (χ3n) is 3.97. The molecule has 1 N–H and O–H groups in total. The van der Waals surface area contributed by atoms with Gasteiger partial charge >= 0.3 is 0 Å². The summed E-state index contributed by atoms with van der Waals surface area (Å²) in [5, 5.41) is 3.07. The van der Waals surface area contributed by atoms with Crippen molar-refractivity contribution < 1.29 is 19.0 Å². The van der Waals surface area contributed by atoms with Gasteiger partial charge in [-0.25, -0.2) is 0 Å². The standard InChI is InChI=1S/C21H35NO4/c1-7-24-18-13-17(14-19(25-8-2)20(18)26-9-3)21(23)22-16(6)12-10-11-15(4)5/h13-16H,7-12H2,1-6H3,(H,22,23)/t16-/m0/s1. The lowest BCUT2D eigenvalue weighted by atomic mass is 10.0. The van der Waals surface area contributed by atoms with Crippen molar-refractivity contribution in [1.82, 2.24) is 5.32 Å². The maximum Gasteiger partial charge on any atom is 0.251 e. The maximum absolute atomic E-state index is 12.7. The minimum Gasteiger partial charge on any atom is -0.490 e. The minimum absolute atomic E-state index is 0.119. The zero-order chi connectivity index (χ0) is 19.5. The summed E-state index contributed by atoms with van der Waals surface area (Å²) in [5.74, 6) is 2.20. The van der Waals surface area contributed by atoms with Crippen molar-refractivity contribution in [3.05, 3.63) is 17.7 Å². The van der Waals surface area contributed by atoms with Gasteiger partial charge in [-0.05, 0) is 52.2 Å². The van der Waals surface area contributed by atoms with E-state index in [2.05, 4.69) is 19.2 Å². The first kappa shape index (κ1) is 22.1. The second-order valence-corrected chi connectivity index (χ2v) is 6.80. The first-order chi connectivity index (χ1) is 12.4. The predicted molar refractivity (Wildman–Crippen MR) is 106 cm³/mol. The van der Waals surface area contributed by atoms with Crippen LogP contribution in [0.15, 0.2) is 12.1 Å². The molecule has 0 unspecified atom stereocenters. The first-order valence-electron chi connectivity index (χ1n) is 9.80. The van der Waals surface area contributed by atoms with Crippen molar-refractivity contribution in [2.75, 3.05) is 19.8 Å². The van der Waals surface area contributed by atoms with Crippen LogP contribution in [0, 0.1) is 5.92 Å². The Labute approximate surface area is 158 Å². The molecule has 0 saturated carbocycles. The average molecular weight is 366 g/mol.